The molecule has 10 heteroatoms. The van der Waals surface area contributed by atoms with Crippen LogP contribution in [0.5, 0.6) is 5.75 Å². The lowest BCUT2D eigenvalue weighted by molar-refractivity contribution is -0.138. The zero-order chi connectivity index (χ0) is 39.2. The maximum atomic E-state index is 13.9. The number of hydrogen-bond acceptors (Lipinski definition) is 7. The molecule has 3 aromatic carbocycles. The molecular formula is C45H54N4O5S. The topological polar surface area (TPSA) is 131 Å². The quantitative estimate of drug-likeness (QED) is 0.0809. The number of amides is 2. The van der Waals surface area contributed by atoms with E-state index in [0.29, 0.717) is 18.7 Å². The molecule has 1 aliphatic heterocycles. The Bertz CT molecular complexity index is 1870. The number of aliphatic carboxylic acids is 1. The molecule has 0 spiro atoms. The van der Waals surface area contributed by atoms with E-state index in [0.717, 1.165) is 51.5 Å². The average molecular weight is 763 g/mol. The van der Waals surface area contributed by atoms with E-state index in [-0.39, 0.29) is 29.4 Å². The summed E-state index contributed by atoms with van der Waals surface area (Å²) in [4.78, 5) is 49.7. The summed E-state index contributed by atoms with van der Waals surface area (Å²) in [5.74, 6) is -0.232. The van der Waals surface area contributed by atoms with E-state index >= 15 is 0 Å². The van der Waals surface area contributed by atoms with Gasteiger partial charge < -0.3 is 20.5 Å². The highest BCUT2D eigenvalue weighted by atomic mass is 32.2. The van der Waals surface area contributed by atoms with Crippen LogP contribution in [-0.2, 0) is 27.2 Å². The van der Waals surface area contributed by atoms with Gasteiger partial charge in [0.15, 0.2) is 5.82 Å². The van der Waals surface area contributed by atoms with Crippen molar-refractivity contribution in [2.24, 2.45) is 5.41 Å². The number of nitrogens with zero attached hydrogens (tertiary/aromatic N) is 2. The van der Waals surface area contributed by atoms with Crippen LogP contribution in [0.15, 0.2) is 102 Å². The molecule has 2 amide bonds. The molecule has 290 valence electrons. The first kappa shape index (κ1) is 41.2. The lowest BCUT2D eigenvalue weighted by atomic mass is 9.95. The van der Waals surface area contributed by atoms with Gasteiger partial charge in [-0.25, -0.2) is 9.97 Å². The molecule has 55 heavy (non-hydrogen) atoms. The first-order chi connectivity index (χ1) is 26.5. The summed E-state index contributed by atoms with van der Waals surface area (Å²) in [5, 5.41) is 15.2. The fourth-order valence-corrected chi connectivity index (χ4v) is 7.68. The van der Waals surface area contributed by atoms with Crippen LogP contribution in [0.4, 0.5) is 0 Å². The predicted molar refractivity (Wildman–Crippen MR) is 221 cm³/mol. The number of carbonyl (C=O) groups is 3. The third-order valence-corrected chi connectivity index (χ3v) is 11.3. The Morgan fingerprint density at radius 2 is 1.47 bits per heavy atom. The van der Waals surface area contributed by atoms with Crippen molar-refractivity contribution >= 4 is 29.5 Å². The van der Waals surface area contributed by atoms with Crippen molar-refractivity contribution in [1.82, 2.24) is 20.6 Å². The van der Waals surface area contributed by atoms with Gasteiger partial charge in [-0.15, -0.1) is 11.8 Å². The molecule has 0 aliphatic carbocycles. The Kier molecular flexibility index (Phi) is 15.1. The van der Waals surface area contributed by atoms with Gasteiger partial charge in [0.1, 0.15) is 11.8 Å². The minimum atomic E-state index is -1.01. The minimum absolute atomic E-state index is 0.0720. The molecule has 3 N–H and O–H groups in total. The smallest absolute Gasteiger partial charge is 0.305 e. The third kappa shape index (κ3) is 12.8. The van der Waals surface area contributed by atoms with Gasteiger partial charge in [0.05, 0.1) is 18.3 Å². The number of hydrogen-bond donors (Lipinski definition) is 3. The van der Waals surface area contributed by atoms with Crippen LogP contribution in [0.3, 0.4) is 0 Å². The summed E-state index contributed by atoms with van der Waals surface area (Å²) in [7, 11) is 0. The molecule has 0 fully saturated rings. The van der Waals surface area contributed by atoms with E-state index in [1.165, 1.54) is 37.4 Å². The fourth-order valence-electron chi connectivity index (χ4n) is 6.46. The molecule has 5 rings (SSSR count). The molecule has 9 nitrogen and oxygen atoms in total. The predicted octanol–water partition coefficient (Wildman–Crippen LogP) is 8.82. The van der Waals surface area contributed by atoms with Crippen LogP contribution in [0.25, 0.3) is 22.5 Å². The van der Waals surface area contributed by atoms with Crippen LogP contribution < -0.4 is 15.4 Å². The van der Waals surface area contributed by atoms with E-state index in [4.69, 9.17) is 4.74 Å². The van der Waals surface area contributed by atoms with E-state index in [1.54, 1.807) is 12.4 Å². The number of nitrogens with one attached hydrogen (secondary N) is 2. The molecule has 3 atom stereocenters. The summed E-state index contributed by atoms with van der Waals surface area (Å²) in [5.41, 5.74) is 4.38. The van der Waals surface area contributed by atoms with Crippen molar-refractivity contribution in [2.45, 2.75) is 103 Å². The molecule has 0 saturated carbocycles. The van der Waals surface area contributed by atoms with Gasteiger partial charge in [0.25, 0.3) is 0 Å². The number of aromatic nitrogens is 2. The highest BCUT2D eigenvalue weighted by Gasteiger charge is 2.33. The molecule has 1 aliphatic rings. The molecule has 2 heterocycles. The van der Waals surface area contributed by atoms with E-state index in [9.17, 15) is 19.5 Å². The number of benzene rings is 3. The number of allylic oxidation sites excluding steroid dienone is 2. The third-order valence-electron chi connectivity index (χ3n) is 9.55. The van der Waals surface area contributed by atoms with Crippen molar-refractivity contribution < 1.29 is 24.2 Å². The summed E-state index contributed by atoms with van der Waals surface area (Å²) in [6.07, 6.45) is 12.6. The Morgan fingerprint density at radius 3 is 2.11 bits per heavy atom. The highest BCUT2D eigenvalue weighted by Crippen LogP contribution is 2.43. The molecule has 4 aromatic rings. The molecule has 0 bridgehead atoms. The van der Waals surface area contributed by atoms with Crippen LogP contribution in [0.2, 0.25) is 0 Å². The first-order valence-electron chi connectivity index (χ1n) is 19.4. The summed E-state index contributed by atoms with van der Waals surface area (Å²) < 4.78 is 5.91. The summed E-state index contributed by atoms with van der Waals surface area (Å²) in [6, 6.07) is 23.5. The van der Waals surface area contributed by atoms with Crippen molar-refractivity contribution in [3.63, 3.8) is 0 Å². The van der Waals surface area contributed by atoms with Crippen molar-refractivity contribution in [1.29, 1.82) is 0 Å². The van der Waals surface area contributed by atoms with Gasteiger partial charge >= 0.3 is 5.97 Å². The van der Waals surface area contributed by atoms with Crippen LogP contribution in [0, 0.1) is 5.41 Å². The number of thioether (sulfide) groups is 1. The zero-order valence-electron chi connectivity index (χ0n) is 32.4. The van der Waals surface area contributed by atoms with Gasteiger partial charge in [0.2, 0.25) is 11.8 Å². The van der Waals surface area contributed by atoms with E-state index < -0.39 is 24.0 Å². The van der Waals surface area contributed by atoms with Crippen molar-refractivity contribution in [2.75, 3.05) is 6.61 Å². The standard InChI is InChI=1S/C45H54N4O5S/c1-5-6-7-8-12-25-54-37-21-19-33(20-22-37)35-29-46-42(47-30-35)34-17-15-32(16-18-34)27-38(49-44(53)39-23-24-40(55-39)45(2,3)4)43(52)48-36(28-41(50)51)26-31-13-10-9-11-14-31/h9-11,13-22,24,29-30,36,38-39H,5-8,12,23,25-28H2,1-4H3,(H,48,52)(H,49,53)(H,50,51)/t36-,38-,39?/m0/s1. The zero-order valence-corrected chi connectivity index (χ0v) is 33.2. The minimum Gasteiger partial charge on any atom is -0.494 e. The second kappa shape index (κ2) is 20.1. The molecule has 1 unspecified atom stereocenters. The van der Waals surface area contributed by atoms with Crippen LogP contribution in [-0.4, -0.2) is 56.8 Å². The Balaban J connectivity index is 1.24. The first-order valence-corrected chi connectivity index (χ1v) is 20.2. The summed E-state index contributed by atoms with van der Waals surface area (Å²) in [6.45, 7) is 9.29. The number of carboxylic acids is 1. The van der Waals surface area contributed by atoms with Crippen molar-refractivity contribution in [3.8, 4) is 28.3 Å². The number of rotatable bonds is 19. The maximum absolute atomic E-state index is 13.9. The lowest BCUT2D eigenvalue weighted by Crippen LogP contribution is -2.53. The van der Waals surface area contributed by atoms with E-state index in [1.807, 2.05) is 78.9 Å². The van der Waals surface area contributed by atoms with Crippen LogP contribution >= 0.6 is 11.8 Å². The number of ether oxygens (including phenoxy) is 1. The van der Waals surface area contributed by atoms with Gasteiger partial charge in [-0.2, -0.15) is 0 Å². The molecular weight excluding hydrogens is 709 g/mol. The maximum Gasteiger partial charge on any atom is 0.305 e. The number of carbonyl (C=O) groups excluding carboxylic acids is 2. The van der Waals surface area contributed by atoms with Crippen LogP contribution in [0.1, 0.15) is 83.8 Å². The molecule has 0 radical (unpaired) electrons. The summed E-state index contributed by atoms with van der Waals surface area (Å²) >= 11 is 1.53. The second-order valence-corrected chi connectivity index (χ2v) is 16.4. The fraction of sp³-hybridized carbons (Fsp3) is 0.400. The van der Waals surface area contributed by atoms with Crippen molar-refractivity contribution in [3.05, 3.63) is 113 Å². The molecule has 1 aromatic heterocycles. The SMILES string of the molecule is CCCCCCCOc1ccc(-c2cnc(-c3ccc(C[C@H](NC(=O)C4CC=C(C(C)(C)C)S4)C(=O)N[C@H](CC(=O)O)Cc4ccccc4)cc3)nc2)cc1. The van der Waals surface area contributed by atoms with E-state index in [2.05, 4.69) is 54.4 Å². The van der Waals surface area contributed by atoms with Gasteiger partial charge in [0, 0.05) is 36.0 Å². The Labute approximate surface area is 329 Å². The Morgan fingerprint density at radius 1 is 0.818 bits per heavy atom. The Hall–Kier alpha value is -4.96. The normalized spacial score (nSPS) is 15.1. The lowest BCUT2D eigenvalue weighted by Gasteiger charge is -2.25. The molecule has 0 saturated heterocycles. The number of unbranched alkanes of at least 4 members (excludes halogenated alkanes) is 4. The van der Waals surface area contributed by atoms with Gasteiger partial charge in [-0.1, -0.05) is 126 Å². The monoisotopic (exact) mass is 762 g/mol. The van der Waals surface area contributed by atoms with Gasteiger partial charge in [-0.05, 0) is 58.4 Å². The van der Waals surface area contributed by atoms with Gasteiger partial charge in [-0.3, -0.25) is 14.4 Å². The average Bonchev–Trinajstić information content (AvgIpc) is 3.69. The number of carboxylic acid groups (broad SMARTS) is 1. The largest absolute Gasteiger partial charge is 0.494 e. The highest BCUT2D eigenvalue weighted by molar-refractivity contribution is 8.04. The second-order valence-electron chi connectivity index (χ2n) is 15.2.